The summed E-state index contributed by atoms with van der Waals surface area (Å²) in [6.07, 6.45) is 5.36. The topological polar surface area (TPSA) is 73.8 Å². The van der Waals surface area contributed by atoms with Crippen molar-refractivity contribution in [2.75, 3.05) is 0 Å². The minimum Gasteiger partial charge on any atom is -0.295 e. The van der Waals surface area contributed by atoms with Crippen LogP contribution in [0.4, 0.5) is 0 Å². The van der Waals surface area contributed by atoms with E-state index in [-0.39, 0.29) is 0 Å². The van der Waals surface area contributed by atoms with Gasteiger partial charge in [0.05, 0.1) is 14.3 Å². The van der Waals surface area contributed by atoms with Crippen LogP contribution in [0.25, 0.3) is 11.5 Å². The van der Waals surface area contributed by atoms with Gasteiger partial charge < -0.3 is 0 Å². The molecule has 0 aliphatic carbocycles. The van der Waals surface area contributed by atoms with Gasteiger partial charge in [-0.15, -0.1) is 0 Å². The third-order valence-electron chi connectivity index (χ3n) is 2.11. The first kappa shape index (κ1) is 11.7. The van der Waals surface area contributed by atoms with Gasteiger partial charge in [-0.3, -0.25) is 14.1 Å². The van der Waals surface area contributed by atoms with E-state index >= 15 is 0 Å². The lowest BCUT2D eigenvalue weighted by Crippen LogP contribution is -2.33. The van der Waals surface area contributed by atoms with Gasteiger partial charge in [0.15, 0.2) is 0 Å². The van der Waals surface area contributed by atoms with E-state index in [1.807, 2.05) is 0 Å². The number of hydrogen-bond acceptors (Lipinski definition) is 5. The van der Waals surface area contributed by atoms with Gasteiger partial charge in [-0.1, -0.05) is 24.8 Å². The molecule has 0 saturated heterocycles. The highest BCUT2D eigenvalue weighted by Crippen LogP contribution is 2.13. The predicted molar refractivity (Wildman–Crippen MR) is 65.1 cm³/mol. The quantitative estimate of drug-likeness (QED) is 0.764. The van der Waals surface area contributed by atoms with Crippen molar-refractivity contribution in [3.63, 3.8) is 0 Å². The monoisotopic (exact) mass is 250 g/mol. The van der Waals surface area contributed by atoms with Crippen LogP contribution in [0, 0.1) is 0 Å². The maximum absolute atomic E-state index is 11.6. The molecule has 0 aromatic carbocycles. The summed E-state index contributed by atoms with van der Waals surface area (Å²) < 4.78 is 6.25. The lowest BCUT2D eigenvalue weighted by molar-refractivity contribution is 0.379. The maximum atomic E-state index is 11.6. The lowest BCUT2D eigenvalue weighted by Gasteiger charge is -2.15. The van der Waals surface area contributed by atoms with Crippen LogP contribution in [0.1, 0.15) is 0 Å². The number of hydrogen-bond donors (Lipinski definition) is 0. The summed E-state index contributed by atoms with van der Waals surface area (Å²) in [7, 11) is -1.44. The zero-order valence-corrected chi connectivity index (χ0v) is 11.0. The smallest absolute Gasteiger partial charge is 0.295 e. The molecule has 0 aliphatic heterocycles. The van der Waals surface area contributed by atoms with E-state index in [1.165, 1.54) is 4.57 Å². The largest absolute Gasteiger partial charge is 0.441 e. The lowest BCUT2D eigenvalue weighted by atomic mass is 10.4. The molecule has 7 heteroatoms. The summed E-state index contributed by atoms with van der Waals surface area (Å²) >= 11 is 0. The fraction of sp³-hybridized carbons (Fsp3) is 0.400. The van der Waals surface area contributed by atoms with Crippen molar-refractivity contribution in [2.24, 2.45) is 0 Å². The van der Waals surface area contributed by atoms with E-state index in [1.54, 1.807) is 18.6 Å². The standard InChI is InChI=1S/C10H14N4O2Si/c1-17(2,3)7-14-9(13-16-10(14)15)8-6-11-4-5-12-8/h4-6H,7H2,1-3H3. The van der Waals surface area contributed by atoms with Crippen molar-refractivity contribution >= 4 is 8.07 Å². The molecule has 0 N–H and O–H groups in total. The third kappa shape index (κ3) is 2.67. The van der Waals surface area contributed by atoms with Crippen molar-refractivity contribution in [3.8, 4) is 11.5 Å². The summed E-state index contributed by atoms with van der Waals surface area (Å²) in [5, 5.41) is 3.77. The van der Waals surface area contributed by atoms with Crippen LogP contribution < -0.4 is 5.76 Å². The molecule has 90 valence electrons. The molecule has 0 unspecified atom stereocenters. The molecule has 2 aromatic heterocycles. The van der Waals surface area contributed by atoms with Crippen molar-refractivity contribution < 1.29 is 4.52 Å². The second kappa shape index (κ2) is 4.25. The van der Waals surface area contributed by atoms with Crippen LogP contribution in [0.15, 0.2) is 27.9 Å². The molecule has 0 atom stereocenters. The number of rotatable bonds is 3. The summed E-state index contributed by atoms with van der Waals surface area (Å²) in [6.45, 7) is 6.52. The SMILES string of the molecule is C[Si](C)(C)Cn1c(-c2cnccn2)noc1=O. The van der Waals surface area contributed by atoms with Crippen LogP contribution >= 0.6 is 0 Å². The first-order valence-corrected chi connectivity index (χ1v) is 9.01. The highest BCUT2D eigenvalue weighted by Gasteiger charge is 2.21. The van der Waals surface area contributed by atoms with Gasteiger partial charge in [-0.05, 0) is 0 Å². The van der Waals surface area contributed by atoms with E-state index in [0.717, 1.165) is 0 Å². The fourth-order valence-corrected chi connectivity index (χ4v) is 2.71. The van der Waals surface area contributed by atoms with Gasteiger partial charge in [0, 0.05) is 18.6 Å². The second-order valence-electron chi connectivity index (χ2n) is 5.01. The molecule has 6 nitrogen and oxygen atoms in total. The van der Waals surface area contributed by atoms with E-state index < -0.39 is 13.8 Å². The van der Waals surface area contributed by atoms with Crippen LogP contribution in [-0.2, 0) is 6.17 Å². The molecule has 0 aliphatic rings. The molecular formula is C10H14N4O2Si. The number of nitrogens with zero attached hydrogens (tertiary/aromatic N) is 4. The van der Waals surface area contributed by atoms with E-state index in [2.05, 4.69) is 34.8 Å². The molecular weight excluding hydrogens is 236 g/mol. The Bertz CT molecular complexity index is 556. The zero-order valence-electron chi connectivity index (χ0n) is 10.0. The Morgan fingerprint density at radius 1 is 1.35 bits per heavy atom. The average Bonchev–Trinajstić information content (AvgIpc) is 2.60. The highest BCUT2D eigenvalue weighted by molar-refractivity contribution is 6.74. The molecule has 0 fully saturated rings. The van der Waals surface area contributed by atoms with Gasteiger partial charge in [-0.25, -0.2) is 9.78 Å². The second-order valence-corrected chi connectivity index (χ2v) is 10.4. The Hall–Kier alpha value is -1.76. The minimum absolute atomic E-state index is 0.437. The Balaban J connectivity index is 2.47. The summed E-state index contributed by atoms with van der Waals surface area (Å²) in [4.78, 5) is 19.7. The van der Waals surface area contributed by atoms with Crippen molar-refractivity contribution in [3.05, 3.63) is 29.1 Å². The van der Waals surface area contributed by atoms with Crippen molar-refractivity contribution in [1.82, 2.24) is 19.7 Å². The first-order chi connectivity index (χ1) is 7.97. The first-order valence-electron chi connectivity index (χ1n) is 5.30. The third-order valence-corrected chi connectivity index (χ3v) is 3.38. The maximum Gasteiger partial charge on any atom is 0.441 e. The van der Waals surface area contributed by atoms with Crippen molar-refractivity contribution in [1.29, 1.82) is 0 Å². The molecule has 0 radical (unpaired) electrons. The molecule has 0 bridgehead atoms. The van der Waals surface area contributed by atoms with Gasteiger partial charge in [-0.2, -0.15) is 0 Å². The van der Waals surface area contributed by atoms with Crippen LogP contribution in [0.3, 0.4) is 0 Å². The van der Waals surface area contributed by atoms with Crippen LogP contribution in [0.2, 0.25) is 19.6 Å². The Morgan fingerprint density at radius 3 is 2.71 bits per heavy atom. The van der Waals surface area contributed by atoms with Crippen molar-refractivity contribution in [2.45, 2.75) is 25.8 Å². The Labute approximate surface area is 99.3 Å². The van der Waals surface area contributed by atoms with Gasteiger partial charge in [0.1, 0.15) is 5.69 Å². The predicted octanol–water partition coefficient (Wildman–Crippen LogP) is 1.17. The van der Waals surface area contributed by atoms with E-state index in [0.29, 0.717) is 17.7 Å². The summed E-state index contributed by atoms with van der Waals surface area (Å²) in [6, 6.07) is 0. The molecule has 2 heterocycles. The molecule has 17 heavy (non-hydrogen) atoms. The fourth-order valence-electron chi connectivity index (χ4n) is 1.48. The summed E-state index contributed by atoms with van der Waals surface area (Å²) in [5.41, 5.74) is 0.552. The minimum atomic E-state index is -1.44. The zero-order chi connectivity index (χ0) is 12.5. The summed E-state index contributed by atoms with van der Waals surface area (Å²) in [5.74, 6) is 0.0126. The van der Waals surface area contributed by atoms with Crippen LogP contribution in [0.5, 0.6) is 0 Å². The van der Waals surface area contributed by atoms with Crippen LogP contribution in [-0.4, -0.2) is 27.8 Å². The highest BCUT2D eigenvalue weighted by atomic mass is 28.3. The van der Waals surface area contributed by atoms with E-state index in [4.69, 9.17) is 4.52 Å². The number of aromatic nitrogens is 4. The molecule has 2 aromatic rings. The average molecular weight is 250 g/mol. The molecule has 2 rings (SSSR count). The Kier molecular flexibility index (Phi) is 2.93. The van der Waals surface area contributed by atoms with Gasteiger partial charge >= 0.3 is 5.76 Å². The molecule has 0 amide bonds. The molecule has 0 saturated carbocycles. The molecule has 0 spiro atoms. The van der Waals surface area contributed by atoms with Gasteiger partial charge in [0.2, 0.25) is 5.82 Å². The van der Waals surface area contributed by atoms with E-state index in [9.17, 15) is 4.79 Å². The Morgan fingerprint density at radius 2 is 2.12 bits per heavy atom. The normalized spacial score (nSPS) is 11.7. The van der Waals surface area contributed by atoms with Gasteiger partial charge in [0.25, 0.3) is 0 Å².